The van der Waals surface area contributed by atoms with E-state index in [4.69, 9.17) is 0 Å². The molecule has 2 fully saturated rings. The highest BCUT2D eigenvalue weighted by Crippen LogP contribution is 2.48. The molecule has 1 heterocycles. The molecule has 1 aliphatic heterocycles. The molecule has 2 N–H and O–H groups in total. The topological polar surface area (TPSA) is 86.7 Å². The predicted octanol–water partition coefficient (Wildman–Crippen LogP) is 2.01. The van der Waals surface area contributed by atoms with Crippen molar-refractivity contribution in [1.29, 1.82) is 0 Å². The number of nitrogens with one attached hydrogen (secondary N) is 1. The highest BCUT2D eigenvalue weighted by Gasteiger charge is 2.54. The Hall–Kier alpha value is -2.21. The van der Waals surface area contributed by atoms with Gasteiger partial charge in [0.2, 0.25) is 5.91 Å². The number of para-hydroxylation sites is 1. The van der Waals surface area contributed by atoms with Crippen LogP contribution in [0.5, 0.6) is 0 Å². The number of hydrogen-bond donors (Lipinski definition) is 2. The molecule has 3 rings (SSSR count). The number of fused-ring (bicyclic) bond motifs is 1. The Morgan fingerprint density at radius 2 is 2.08 bits per heavy atom. The van der Waals surface area contributed by atoms with Crippen LogP contribution in [-0.4, -0.2) is 47.3 Å². The molecule has 6 heteroatoms. The SMILES string of the molecule is CC(=O)c1ccccc1NC(=O)CN1C[C@@H]2CCC[C@@]2(C(=O)O)C1. The predicted molar refractivity (Wildman–Crippen MR) is 88.9 cm³/mol. The summed E-state index contributed by atoms with van der Waals surface area (Å²) in [5, 5.41) is 12.4. The molecular weight excluding hydrogens is 308 g/mol. The quantitative estimate of drug-likeness (QED) is 0.807. The maximum Gasteiger partial charge on any atom is 0.311 e. The molecule has 128 valence electrons. The fourth-order valence-corrected chi connectivity index (χ4v) is 4.16. The second kappa shape index (κ2) is 6.36. The van der Waals surface area contributed by atoms with Crippen molar-refractivity contribution in [3.63, 3.8) is 0 Å². The van der Waals surface area contributed by atoms with Crippen molar-refractivity contribution in [2.75, 3.05) is 25.0 Å². The first-order valence-corrected chi connectivity index (χ1v) is 8.28. The molecule has 0 radical (unpaired) electrons. The molecule has 1 aromatic rings. The molecule has 1 aliphatic carbocycles. The second-order valence-electron chi connectivity index (χ2n) is 6.87. The molecule has 1 aromatic carbocycles. The molecule has 24 heavy (non-hydrogen) atoms. The largest absolute Gasteiger partial charge is 0.481 e. The maximum absolute atomic E-state index is 12.3. The van der Waals surface area contributed by atoms with Gasteiger partial charge >= 0.3 is 5.97 Å². The summed E-state index contributed by atoms with van der Waals surface area (Å²) < 4.78 is 0. The zero-order chi connectivity index (χ0) is 17.3. The number of likely N-dealkylation sites (tertiary alicyclic amines) is 1. The van der Waals surface area contributed by atoms with Gasteiger partial charge in [0.1, 0.15) is 0 Å². The van der Waals surface area contributed by atoms with Crippen molar-refractivity contribution in [3.05, 3.63) is 29.8 Å². The molecule has 2 atom stereocenters. The molecular formula is C18H22N2O4. The van der Waals surface area contributed by atoms with Gasteiger partial charge in [-0.15, -0.1) is 0 Å². The van der Waals surface area contributed by atoms with E-state index in [9.17, 15) is 19.5 Å². The molecule has 2 aliphatic rings. The van der Waals surface area contributed by atoms with E-state index in [1.54, 1.807) is 24.3 Å². The van der Waals surface area contributed by atoms with Gasteiger partial charge in [-0.3, -0.25) is 19.3 Å². The van der Waals surface area contributed by atoms with E-state index in [-0.39, 0.29) is 24.2 Å². The summed E-state index contributed by atoms with van der Waals surface area (Å²) in [7, 11) is 0. The zero-order valence-electron chi connectivity index (χ0n) is 13.7. The molecule has 1 saturated carbocycles. The summed E-state index contributed by atoms with van der Waals surface area (Å²) >= 11 is 0. The van der Waals surface area contributed by atoms with Crippen LogP contribution in [0.15, 0.2) is 24.3 Å². The minimum Gasteiger partial charge on any atom is -0.481 e. The van der Waals surface area contributed by atoms with E-state index in [1.807, 2.05) is 4.90 Å². The summed E-state index contributed by atoms with van der Waals surface area (Å²) in [5.74, 6) is -0.933. The number of benzene rings is 1. The van der Waals surface area contributed by atoms with Gasteiger partial charge in [-0.05, 0) is 37.8 Å². The van der Waals surface area contributed by atoms with Crippen LogP contribution < -0.4 is 5.32 Å². The fraction of sp³-hybridized carbons (Fsp3) is 0.500. The Morgan fingerprint density at radius 1 is 1.33 bits per heavy atom. The van der Waals surface area contributed by atoms with Gasteiger partial charge in [-0.1, -0.05) is 18.6 Å². The van der Waals surface area contributed by atoms with Crippen LogP contribution in [0.4, 0.5) is 5.69 Å². The summed E-state index contributed by atoms with van der Waals surface area (Å²) in [6.07, 6.45) is 2.55. The van der Waals surface area contributed by atoms with Crippen LogP contribution in [0.3, 0.4) is 0 Å². The molecule has 6 nitrogen and oxygen atoms in total. The highest BCUT2D eigenvalue weighted by molar-refractivity contribution is 6.04. The Morgan fingerprint density at radius 3 is 2.75 bits per heavy atom. The van der Waals surface area contributed by atoms with Crippen molar-refractivity contribution in [3.8, 4) is 0 Å². The van der Waals surface area contributed by atoms with Crippen molar-refractivity contribution in [2.45, 2.75) is 26.2 Å². The number of nitrogens with zero attached hydrogens (tertiary/aromatic N) is 1. The highest BCUT2D eigenvalue weighted by atomic mass is 16.4. The molecule has 0 aromatic heterocycles. The van der Waals surface area contributed by atoms with E-state index in [0.717, 1.165) is 12.8 Å². The first kappa shape index (κ1) is 16.6. The average Bonchev–Trinajstić information content (AvgIpc) is 3.05. The fourth-order valence-electron chi connectivity index (χ4n) is 4.16. The summed E-state index contributed by atoms with van der Waals surface area (Å²) in [6, 6.07) is 6.90. The minimum absolute atomic E-state index is 0.105. The van der Waals surface area contributed by atoms with Crippen LogP contribution in [0.25, 0.3) is 0 Å². The molecule has 0 spiro atoms. The van der Waals surface area contributed by atoms with E-state index >= 15 is 0 Å². The van der Waals surface area contributed by atoms with Gasteiger partial charge in [0.05, 0.1) is 17.6 Å². The van der Waals surface area contributed by atoms with E-state index in [2.05, 4.69) is 5.32 Å². The third-order valence-corrected chi connectivity index (χ3v) is 5.31. The van der Waals surface area contributed by atoms with Crippen molar-refractivity contribution in [2.24, 2.45) is 11.3 Å². The number of carboxylic acid groups (broad SMARTS) is 1. The summed E-state index contributed by atoms with van der Waals surface area (Å²) in [5.41, 5.74) is 0.297. The van der Waals surface area contributed by atoms with Gasteiger partial charge in [-0.2, -0.15) is 0 Å². The van der Waals surface area contributed by atoms with E-state index < -0.39 is 11.4 Å². The Balaban J connectivity index is 1.65. The smallest absolute Gasteiger partial charge is 0.311 e. The van der Waals surface area contributed by atoms with Gasteiger partial charge in [0.15, 0.2) is 5.78 Å². The van der Waals surface area contributed by atoms with Crippen molar-refractivity contribution < 1.29 is 19.5 Å². The van der Waals surface area contributed by atoms with Crippen molar-refractivity contribution >= 4 is 23.3 Å². The number of amides is 1. The van der Waals surface area contributed by atoms with E-state index in [1.165, 1.54) is 6.92 Å². The number of aliphatic carboxylic acids is 1. The van der Waals surface area contributed by atoms with Crippen LogP contribution in [0.2, 0.25) is 0 Å². The number of carbonyl (C=O) groups is 3. The van der Waals surface area contributed by atoms with Gasteiger partial charge in [0, 0.05) is 18.7 Å². The van der Waals surface area contributed by atoms with E-state index in [0.29, 0.717) is 30.8 Å². The Bertz CT molecular complexity index is 687. The molecule has 0 unspecified atom stereocenters. The summed E-state index contributed by atoms with van der Waals surface area (Å²) in [6.45, 7) is 2.68. The number of rotatable bonds is 5. The number of carbonyl (C=O) groups excluding carboxylic acids is 2. The lowest BCUT2D eigenvalue weighted by Crippen LogP contribution is -2.37. The Kier molecular flexibility index (Phi) is 4.41. The lowest BCUT2D eigenvalue weighted by Gasteiger charge is -2.23. The number of ketones is 1. The summed E-state index contributed by atoms with van der Waals surface area (Å²) in [4.78, 5) is 37.5. The first-order chi connectivity index (χ1) is 11.4. The minimum atomic E-state index is -0.741. The van der Waals surface area contributed by atoms with Gasteiger partial charge < -0.3 is 10.4 Å². The van der Waals surface area contributed by atoms with Gasteiger partial charge in [-0.25, -0.2) is 0 Å². The zero-order valence-corrected chi connectivity index (χ0v) is 13.7. The van der Waals surface area contributed by atoms with Crippen LogP contribution in [-0.2, 0) is 9.59 Å². The number of carboxylic acids is 1. The van der Waals surface area contributed by atoms with Crippen LogP contribution >= 0.6 is 0 Å². The lowest BCUT2D eigenvalue weighted by molar-refractivity contribution is -0.149. The average molecular weight is 330 g/mol. The first-order valence-electron chi connectivity index (χ1n) is 8.28. The monoisotopic (exact) mass is 330 g/mol. The van der Waals surface area contributed by atoms with Gasteiger partial charge in [0.25, 0.3) is 0 Å². The number of Topliss-reactive ketones (excluding diaryl/α,β-unsaturated/α-hetero) is 1. The third kappa shape index (κ3) is 2.94. The molecule has 1 saturated heterocycles. The molecule has 0 bridgehead atoms. The maximum atomic E-state index is 12.3. The lowest BCUT2D eigenvalue weighted by atomic mass is 9.81. The van der Waals surface area contributed by atoms with Crippen molar-refractivity contribution in [1.82, 2.24) is 4.90 Å². The standard InChI is InChI=1S/C18H22N2O4/c1-12(21)14-6-2-3-7-15(14)19-16(22)10-20-9-13-5-4-8-18(13,11-20)17(23)24/h2-3,6-7,13H,4-5,8-11H2,1H3,(H,19,22)(H,23,24)/t13-,18+/m0/s1. The second-order valence-corrected chi connectivity index (χ2v) is 6.87. The molecule has 1 amide bonds. The third-order valence-electron chi connectivity index (χ3n) is 5.31. The normalized spacial score (nSPS) is 26.1. The Labute approximate surface area is 140 Å². The number of anilines is 1. The van der Waals surface area contributed by atoms with Crippen LogP contribution in [0, 0.1) is 11.3 Å². The van der Waals surface area contributed by atoms with Crippen LogP contribution in [0.1, 0.15) is 36.5 Å². The number of hydrogen-bond acceptors (Lipinski definition) is 4.